The van der Waals surface area contributed by atoms with Crippen LogP contribution in [0.15, 0.2) is 29.6 Å². The standard InChI is InChI=1S/C11H18N4O4/c1-11(2,15(17)18)4-7-19-9-14-6-5-13(3)10(14)8-12-16/h5-6,8H,4,7,9H2,1-3H3/b10-8-. The molecule has 8 heteroatoms. The van der Waals surface area contributed by atoms with Crippen molar-refractivity contribution in [3.05, 3.63) is 39.4 Å². The topological polar surface area (TPSA) is 88.3 Å². The average Bonchev–Trinajstić information content (AvgIpc) is 2.67. The minimum atomic E-state index is -0.999. The molecule has 106 valence electrons. The monoisotopic (exact) mass is 270 g/mol. The molecule has 1 heterocycles. The van der Waals surface area contributed by atoms with E-state index in [2.05, 4.69) is 5.18 Å². The van der Waals surface area contributed by atoms with Crippen LogP contribution in [0.5, 0.6) is 0 Å². The van der Waals surface area contributed by atoms with Crippen molar-refractivity contribution in [1.82, 2.24) is 9.80 Å². The smallest absolute Gasteiger partial charge is 0.219 e. The van der Waals surface area contributed by atoms with E-state index in [1.54, 1.807) is 43.1 Å². The Bertz CT molecular complexity index is 405. The predicted molar refractivity (Wildman–Crippen MR) is 69.1 cm³/mol. The van der Waals surface area contributed by atoms with Crippen LogP contribution in [0.25, 0.3) is 0 Å². The largest absolute Gasteiger partial charge is 0.360 e. The van der Waals surface area contributed by atoms with Gasteiger partial charge in [-0.05, 0) is 5.18 Å². The summed E-state index contributed by atoms with van der Waals surface area (Å²) in [7, 11) is 1.78. The van der Waals surface area contributed by atoms with Gasteiger partial charge in [-0.15, -0.1) is 4.91 Å². The van der Waals surface area contributed by atoms with E-state index in [0.717, 1.165) is 0 Å². The highest BCUT2D eigenvalue weighted by atomic mass is 16.6. The van der Waals surface area contributed by atoms with E-state index in [1.165, 1.54) is 6.20 Å². The molecule has 0 N–H and O–H groups in total. The van der Waals surface area contributed by atoms with Crippen LogP contribution < -0.4 is 0 Å². The summed E-state index contributed by atoms with van der Waals surface area (Å²) in [6.45, 7) is 3.60. The number of nitroso groups, excluding NO2 is 1. The normalized spacial score (nSPS) is 17.3. The molecule has 0 bridgehead atoms. The highest BCUT2D eigenvalue weighted by Gasteiger charge is 2.30. The lowest BCUT2D eigenvalue weighted by Crippen LogP contribution is -2.33. The van der Waals surface area contributed by atoms with E-state index in [0.29, 0.717) is 12.2 Å². The van der Waals surface area contributed by atoms with Crippen LogP contribution in [0.4, 0.5) is 0 Å². The van der Waals surface area contributed by atoms with Crippen molar-refractivity contribution >= 4 is 0 Å². The molecule has 0 radical (unpaired) electrons. The van der Waals surface area contributed by atoms with Gasteiger partial charge >= 0.3 is 0 Å². The minimum Gasteiger partial charge on any atom is -0.360 e. The third-order valence-corrected chi connectivity index (χ3v) is 2.88. The second-order valence-corrected chi connectivity index (χ2v) is 4.83. The van der Waals surface area contributed by atoms with Crippen molar-refractivity contribution in [1.29, 1.82) is 0 Å². The maximum absolute atomic E-state index is 10.7. The molecule has 1 aliphatic rings. The number of nitrogens with zero attached hydrogens (tertiary/aromatic N) is 4. The van der Waals surface area contributed by atoms with Gasteiger partial charge in [-0.1, -0.05) is 0 Å². The molecule has 0 saturated heterocycles. The Morgan fingerprint density at radius 2 is 2.21 bits per heavy atom. The fourth-order valence-electron chi connectivity index (χ4n) is 1.43. The summed E-state index contributed by atoms with van der Waals surface area (Å²) in [4.78, 5) is 24.1. The van der Waals surface area contributed by atoms with Gasteiger partial charge in [0.1, 0.15) is 18.8 Å². The van der Waals surface area contributed by atoms with E-state index < -0.39 is 5.54 Å². The van der Waals surface area contributed by atoms with E-state index in [1.807, 2.05) is 0 Å². The van der Waals surface area contributed by atoms with Crippen molar-refractivity contribution in [2.24, 2.45) is 5.18 Å². The first-order valence-corrected chi connectivity index (χ1v) is 5.81. The summed E-state index contributed by atoms with van der Waals surface area (Å²) in [5.41, 5.74) is -0.999. The third kappa shape index (κ3) is 4.02. The second-order valence-electron chi connectivity index (χ2n) is 4.83. The van der Waals surface area contributed by atoms with Crippen LogP contribution >= 0.6 is 0 Å². The summed E-state index contributed by atoms with van der Waals surface area (Å²) < 4.78 is 5.39. The molecule has 0 amide bonds. The van der Waals surface area contributed by atoms with Crippen LogP contribution in [0.3, 0.4) is 0 Å². The van der Waals surface area contributed by atoms with Crippen molar-refractivity contribution in [2.45, 2.75) is 25.8 Å². The molecule has 0 fully saturated rings. The molecule has 0 atom stereocenters. The lowest BCUT2D eigenvalue weighted by molar-refractivity contribution is -0.562. The molecule has 0 aromatic heterocycles. The third-order valence-electron chi connectivity index (χ3n) is 2.88. The highest BCUT2D eigenvalue weighted by Crippen LogP contribution is 2.18. The van der Waals surface area contributed by atoms with Gasteiger partial charge in [0.25, 0.3) is 0 Å². The lowest BCUT2D eigenvalue weighted by atomic mass is 10.0. The molecule has 0 saturated carbocycles. The second kappa shape index (κ2) is 6.28. The van der Waals surface area contributed by atoms with Crippen molar-refractivity contribution in [2.75, 3.05) is 20.4 Å². The molecule has 0 unspecified atom stereocenters. The Kier molecular flexibility index (Phi) is 4.99. The first-order chi connectivity index (χ1) is 8.88. The maximum Gasteiger partial charge on any atom is 0.219 e. The predicted octanol–water partition coefficient (Wildman–Crippen LogP) is 1.69. The average molecular weight is 270 g/mol. The van der Waals surface area contributed by atoms with Crippen molar-refractivity contribution in [3.8, 4) is 0 Å². The molecule has 19 heavy (non-hydrogen) atoms. The first kappa shape index (κ1) is 15.1. The lowest BCUT2D eigenvalue weighted by Gasteiger charge is -2.21. The Hall–Kier alpha value is -1.96. The van der Waals surface area contributed by atoms with Gasteiger partial charge in [0, 0.05) is 44.6 Å². The quantitative estimate of drug-likeness (QED) is 0.303. The molecule has 0 spiro atoms. The van der Waals surface area contributed by atoms with Gasteiger partial charge in [-0.3, -0.25) is 10.1 Å². The Morgan fingerprint density at radius 3 is 2.79 bits per heavy atom. The molecule has 8 nitrogen and oxygen atoms in total. The Balaban J connectivity index is 2.38. The molecule has 1 rings (SSSR count). The number of nitro groups is 1. The Labute approximate surface area is 111 Å². The first-order valence-electron chi connectivity index (χ1n) is 5.81. The zero-order valence-corrected chi connectivity index (χ0v) is 11.3. The number of ether oxygens (including phenoxy) is 1. The van der Waals surface area contributed by atoms with Crippen molar-refractivity contribution in [3.63, 3.8) is 0 Å². The van der Waals surface area contributed by atoms with Gasteiger partial charge in [0.05, 0.1) is 6.61 Å². The molecule has 0 aromatic carbocycles. The van der Waals surface area contributed by atoms with E-state index in [-0.39, 0.29) is 18.3 Å². The Morgan fingerprint density at radius 1 is 1.53 bits per heavy atom. The summed E-state index contributed by atoms with van der Waals surface area (Å²) in [5, 5.41) is 13.4. The molecule has 1 aliphatic heterocycles. The van der Waals surface area contributed by atoms with E-state index in [9.17, 15) is 15.0 Å². The van der Waals surface area contributed by atoms with E-state index >= 15 is 0 Å². The summed E-state index contributed by atoms with van der Waals surface area (Å²) in [6.07, 6.45) is 5.01. The molecular weight excluding hydrogens is 252 g/mol. The number of rotatable bonds is 7. The van der Waals surface area contributed by atoms with Crippen LogP contribution in [-0.4, -0.2) is 40.6 Å². The summed E-state index contributed by atoms with van der Waals surface area (Å²) in [5.74, 6) is 0.600. The minimum absolute atomic E-state index is 0.218. The van der Waals surface area contributed by atoms with Gasteiger partial charge in [-0.25, -0.2) is 0 Å². The zero-order valence-electron chi connectivity index (χ0n) is 11.3. The maximum atomic E-state index is 10.7. The van der Waals surface area contributed by atoms with Crippen molar-refractivity contribution < 1.29 is 9.66 Å². The molecule has 0 aromatic rings. The van der Waals surface area contributed by atoms with E-state index in [4.69, 9.17) is 4.74 Å². The zero-order chi connectivity index (χ0) is 14.5. The van der Waals surface area contributed by atoms with Gasteiger partial charge in [-0.2, -0.15) is 0 Å². The fourth-order valence-corrected chi connectivity index (χ4v) is 1.43. The van der Waals surface area contributed by atoms with Gasteiger partial charge in [0.2, 0.25) is 5.54 Å². The van der Waals surface area contributed by atoms with Crippen LogP contribution in [0.1, 0.15) is 20.3 Å². The van der Waals surface area contributed by atoms with Gasteiger partial charge in [0.15, 0.2) is 0 Å². The molecule has 0 aliphatic carbocycles. The van der Waals surface area contributed by atoms with Crippen LogP contribution in [0.2, 0.25) is 0 Å². The van der Waals surface area contributed by atoms with Crippen LogP contribution in [0, 0.1) is 15.0 Å². The van der Waals surface area contributed by atoms with Gasteiger partial charge < -0.3 is 14.5 Å². The number of hydrogen-bond acceptors (Lipinski definition) is 7. The summed E-state index contributed by atoms with van der Waals surface area (Å²) in [6, 6.07) is 0. The SMILES string of the molecule is CN1C=CN(COCCC(C)(C)[N+](=O)[O-])/C1=C\N=O. The highest BCUT2D eigenvalue weighted by molar-refractivity contribution is 5.12. The summed E-state index contributed by atoms with van der Waals surface area (Å²) >= 11 is 0. The van der Waals surface area contributed by atoms with Crippen LogP contribution in [-0.2, 0) is 4.74 Å². The number of hydrogen-bond donors (Lipinski definition) is 0. The molecular formula is C11H18N4O4. The fraction of sp³-hybridized carbons (Fsp3) is 0.636.